The third-order valence-corrected chi connectivity index (χ3v) is 7.42. The van der Waals surface area contributed by atoms with Gasteiger partial charge in [-0.05, 0) is 75.6 Å². The van der Waals surface area contributed by atoms with E-state index in [2.05, 4.69) is 36.1 Å². The van der Waals surface area contributed by atoms with Gasteiger partial charge in [0, 0.05) is 25.0 Å². The Morgan fingerprint density at radius 2 is 1.77 bits per heavy atom. The maximum absolute atomic E-state index is 13.0. The molecular formula is C26H40N2O2. The summed E-state index contributed by atoms with van der Waals surface area (Å²) in [6, 6.07) is 8.94. The van der Waals surface area contributed by atoms with Crippen LogP contribution in [0.2, 0.25) is 0 Å². The molecule has 1 amide bonds. The zero-order valence-electron chi connectivity index (χ0n) is 19.2. The lowest BCUT2D eigenvalue weighted by atomic mass is 9.94. The van der Waals surface area contributed by atoms with Gasteiger partial charge >= 0.3 is 0 Å². The van der Waals surface area contributed by atoms with Gasteiger partial charge in [-0.1, -0.05) is 51.0 Å². The van der Waals surface area contributed by atoms with E-state index in [1.54, 1.807) is 0 Å². The molecular weight excluding hydrogens is 372 g/mol. The Labute approximate surface area is 183 Å². The number of carbonyl (C=O) groups is 2. The molecule has 0 N–H and O–H groups in total. The summed E-state index contributed by atoms with van der Waals surface area (Å²) in [5.41, 5.74) is 2.82. The number of likely N-dealkylation sites (tertiary alicyclic amines) is 1. The molecule has 0 radical (unpaired) electrons. The van der Waals surface area contributed by atoms with Gasteiger partial charge in [0.1, 0.15) is 0 Å². The highest BCUT2D eigenvalue weighted by atomic mass is 16.2. The van der Waals surface area contributed by atoms with E-state index >= 15 is 0 Å². The number of nitrogens with zero attached hydrogens (tertiary/aromatic N) is 2. The molecule has 1 aromatic carbocycles. The van der Waals surface area contributed by atoms with Gasteiger partial charge in [-0.15, -0.1) is 0 Å². The number of piperidine rings is 1. The largest absolute Gasteiger partial charge is 0.333 e. The fourth-order valence-corrected chi connectivity index (χ4v) is 4.99. The second-order valence-corrected chi connectivity index (χ2v) is 9.53. The molecule has 2 aliphatic rings. The molecule has 1 aromatic rings. The molecule has 1 saturated heterocycles. The Morgan fingerprint density at radius 3 is 2.40 bits per heavy atom. The molecule has 0 aromatic heterocycles. The second-order valence-electron chi connectivity index (χ2n) is 9.53. The van der Waals surface area contributed by atoms with E-state index < -0.39 is 0 Å². The second kappa shape index (κ2) is 11.1. The van der Waals surface area contributed by atoms with Gasteiger partial charge in [0.25, 0.3) is 5.91 Å². The summed E-state index contributed by atoms with van der Waals surface area (Å²) in [6.07, 6.45) is 8.59. The number of aryl methyl sites for hydroxylation is 1. The number of benzene rings is 1. The lowest BCUT2D eigenvalue weighted by molar-refractivity contribution is -0.148. The highest BCUT2D eigenvalue weighted by Gasteiger charge is 2.34. The molecule has 1 heterocycles. The lowest BCUT2D eigenvalue weighted by Crippen LogP contribution is -2.48. The number of rotatable bonds is 9. The van der Waals surface area contributed by atoms with E-state index in [0.717, 1.165) is 64.7 Å². The highest BCUT2D eigenvalue weighted by Crippen LogP contribution is 2.28. The first-order chi connectivity index (χ1) is 14.5. The monoisotopic (exact) mass is 412 g/mol. The minimum atomic E-state index is -0.210. The van der Waals surface area contributed by atoms with Crippen LogP contribution in [0.1, 0.15) is 69.9 Å². The van der Waals surface area contributed by atoms with Crippen molar-refractivity contribution in [3.05, 3.63) is 35.4 Å². The highest BCUT2D eigenvalue weighted by molar-refractivity contribution is 6.36. The molecule has 3 rings (SSSR count). The van der Waals surface area contributed by atoms with Crippen molar-refractivity contribution >= 4 is 11.7 Å². The van der Waals surface area contributed by atoms with Crippen LogP contribution in [0.15, 0.2) is 24.3 Å². The molecule has 2 fully saturated rings. The average molecular weight is 413 g/mol. The van der Waals surface area contributed by atoms with Crippen LogP contribution in [0.3, 0.4) is 0 Å². The Bertz CT molecular complexity index is 703. The Balaban J connectivity index is 1.52. The standard InChI is InChI=1S/C26H40N2O2/c1-4-20(2)25(29)26(30)28(24-11-7-8-12-24)19-22-13-16-27(17-14-22)18-15-23-10-6-5-9-21(23)3/h5-6,9-10,20,22,24H,4,7-8,11-19H2,1-3H3. The van der Waals surface area contributed by atoms with Gasteiger partial charge in [0.15, 0.2) is 0 Å². The molecule has 1 unspecified atom stereocenters. The Kier molecular flexibility index (Phi) is 8.50. The molecule has 1 aliphatic carbocycles. The van der Waals surface area contributed by atoms with E-state index in [1.807, 2.05) is 18.7 Å². The van der Waals surface area contributed by atoms with Gasteiger partial charge in [0.05, 0.1) is 0 Å². The average Bonchev–Trinajstić information content (AvgIpc) is 3.31. The predicted molar refractivity (Wildman–Crippen MR) is 122 cm³/mol. The number of ketones is 1. The summed E-state index contributed by atoms with van der Waals surface area (Å²) < 4.78 is 0. The van der Waals surface area contributed by atoms with E-state index in [0.29, 0.717) is 5.92 Å². The number of hydrogen-bond acceptors (Lipinski definition) is 3. The molecule has 4 heteroatoms. The fourth-order valence-electron chi connectivity index (χ4n) is 4.99. The van der Waals surface area contributed by atoms with Crippen LogP contribution >= 0.6 is 0 Å². The molecule has 0 spiro atoms. The maximum Gasteiger partial charge on any atom is 0.290 e. The summed E-state index contributed by atoms with van der Waals surface area (Å²) in [7, 11) is 0. The van der Waals surface area contributed by atoms with Crippen LogP contribution < -0.4 is 0 Å². The van der Waals surface area contributed by atoms with Crippen molar-refractivity contribution in [2.45, 2.75) is 78.2 Å². The number of Topliss-reactive ketones (excluding diaryl/α,β-unsaturated/α-hetero) is 1. The first kappa shape index (κ1) is 23.0. The van der Waals surface area contributed by atoms with Crippen LogP contribution in [-0.2, 0) is 16.0 Å². The van der Waals surface area contributed by atoms with E-state index in [9.17, 15) is 9.59 Å². The van der Waals surface area contributed by atoms with Gasteiger partial charge < -0.3 is 9.80 Å². The van der Waals surface area contributed by atoms with Crippen LogP contribution in [0.5, 0.6) is 0 Å². The van der Waals surface area contributed by atoms with E-state index in [1.165, 1.54) is 24.0 Å². The van der Waals surface area contributed by atoms with Crippen molar-refractivity contribution in [3.63, 3.8) is 0 Å². The first-order valence-electron chi connectivity index (χ1n) is 12.1. The molecule has 1 atom stereocenters. The molecule has 30 heavy (non-hydrogen) atoms. The smallest absolute Gasteiger partial charge is 0.290 e. The molecule has 0 bridgehead atoms. The lowest BCUT2D eigenvalue weighted by Gasteiger charge is -2.37. The molecule has 4 nitrogen and oxygen atoms in total. The summed E-state index contributed by atoms with van der Waals surface area (Å²) in [5, 5.41) is 0. The number of carbonyl (C=O) groups excluding carboxylic acids is 2. The van der Waals surface area contributed by atoms with Crippen LogP contribution in [0.4, 0.5) is 0 Å². The van der Waals surface area contributed by atoms with Gasteiger partial charge in [-0.25, -0.2) is 0 Å². The first-order valence-corrected chi connectivity index (χ1v) is 12.1. The quantitative estimate of drug-likeness (QED) is 0.555. The summed E-state index contributed by atoms with van der Waals surface area (Å²) in [5.74, 6) is -0.0306. The number of amides is 1. The third kappa shape index (κ3) is 5.94. The summed E-state index contributed by atoms with van der Waals surface area (Å²) in [4.78, 5) is 30.2. The minimum absolute atomic E-state index is 0.162. The Hall–Kier alpha value is -1.68. The van der Waals surface area contributed by atoms with Crippen molar-refractivity contribution in [1.82, 2.24) is 9.80 Å². The molecule has 1 saturated carbocycles. The minimum Gasteiger partial charge on any atom is -0.333 e. The van der Waals surface area contributed by atoms with Crippen LogP contribution in [0.25, 0.3) is 0 Å². The topological polar surface area (TPSA) is 40.6 Å². The maximum atomic E-state index is 13.0. The fraction of sp³-hybridized carbons (Fsp3) is 0.692. The van der Waals surface area contributed by atoms with Crippen molar-refractivity contribution in [2.24, 2.45) is 11.8 Å². The zero-order valence-corrected chi connectivity index (χ0v) is 19.2. The SMILES string of the molecule is CCC(C)C(=O)C(=O)N(CC1CCN(CCc2ccccc2C)CC1)C1CCCC1. The number of hydrogen-bond donors (Lipinski definition) is 0. The zero-order chi connectivity index (χ0) is 21.5. The predicted octanol–water partition coefficient (Wildman–Crippen LogP) is 4.64. The van der Waals surface area contributed by atoms with Gasteiger partial charge in [-0.3, -0.25) is 9.59 Å². The van der Waals surface area contributed by atoms with Crippen molar-refractivity contribution in [2.75, 3.05) is 26.2 Å². The molecule has 1 aliphatic heterocycles. The molecule has 166 valence electrons. The van der Waals surface area contributed by atoms with Gasteiger partial charge in [-0.2, -0.15) is 0 Å². The van der Waals surface area contributed by atoms with E-state index in [4.69, 9.17) is 0 Å². The third-order valence-electron chi connectivity index (χ3n) is 7.42. The van der Waals surface area contributed by atoms with Crippen molar-refractivity contribution in [3.8, 4) is 0 Å². The van der Waals surface area contributed by atoms with E-state index in [-0.39, 0.29) is 23.7 Å². The normalized spacial score (nSPS) is 19.7. The Morgan fingerprint density at radius 1 is 1.10 bits per heavy atom. The van der Waals surface area contributed by atoms with Crippen LogP contribution in [-0.4, -0.2) is 53.7 Å². The summed E-state index contributed by atoms with van der Waals surface area (Å²) in [6.45, 7) is 10.1. The van der Waals surface area contributed by atoms with Crippen molar-refractivity contribution < 1.29 is 9.59 Å². The van der Waals surface area contributed by atoms with Gasteiger partial charge in [0.2, 0.25) is 5.78 Å². The summed E-state index contributed by atoms with van der Waals surface area (Å²) >= 11 is 0. The van der Waals surface area contributed by atoms with Crippen molar-refractivity contribution in [1.29, 1.82) is 0 Å². The van der Waals surface area contributed by atoms with Crippen LogP contribution in [0, 0.1) is 18.8 Å².